The van der Waals surface area contributed by atoms with E-state index in [9.17, 15) is 9.59 Å². The van der Waals surface area contributed by atoms with Gasteiger partial charge in [-0.05, 0) is 36.8 Å². The highest BCUT2D eigenvalue weighted by Crippen LogP contribution is 2.31. The van der Waals surface area contributed by atoms with Crippen LogP contribution in [-0.4, -0.2) is 23.7 Å². The van der Waals surface area contributed by atoms with Crippen molar-refractivity contribution < 1.29 is 14.3 Å². The molecule has 25 heavy (non-hydrogen) atoms. The number of carbonyl (C=O) groups excluding carboxylic acids is 2. The molecule has 1 aliphatic carbocycles. The van der Waals surface area contributed by atoms with E-state index in [1.54, 1.807) is 37.4 Å². The summed E-state index contributed by atoms with van der Waals surface area (Å²) in [5.74, 6) is 0.468. The van der Waals surface area contributed by atoms with E-state index in [2.05, 4.69) is 4.98 Å². The van der Waals surface area contributed by atoms with Gasteiger partial charge >= 0.3 is 0 Å². The van der Waals surface area contributed by atoms with Crippen LogP contribution >= 0.6 is 0 Å². The van der Waals surface area contributed by atoms with Gasteiger partial charge in [0.1, 0.15) is 5.75 Å². The average Bonchev–Trinajstić information content (AvgIpc) is 2.65. The first-order valence-corrected chi connectivity index (χ1v) is 7.93. The molecule has 4 rings (SSSR count). The van der Waals surface area contributed by atoms with Crippen LogP contribution in [-0.2, 0) is 0 Å². The molecule has 0 atom stereocenters. The van der Waals surface area contributed by atoms with Crippen molar-refractivity contribution in [2.45, 2.75) is 6.92 Å². The van der Waals surface area contributed by atoms with E-state index in [0.29, 0.717) is 27.9 Å². The number of benzene rings is 2. The lowest BCUT2D eigenvalue weighted by Crippen LogP contribution is -2.21. The molecule has 0 N–H and O–H groups in total. The zero-order valence-corrected chi connectivity index (χ0v) is 13.9. The molecule has 0 amide bonds. The zero-order valence-electron chi connectivity index (χ0n) is 13.9. The minimum absolute atomic E-state index is 0.139. The molecule has 1 heterocycles. The van der Waals surface area contributed by atoms with Crippen LogP contribution < -0.4 is 4.74 Å². The van der Waals surface area contributed by atoms with E-state index in [0.717, 1.165) is 16.9 Å². The van der Waals surface area contributed by atoms with Gasteiger partial charge in [-0.25, -0.2) is 0 Å². The first-order chi connectivity index (χ1) is 12.1. The number of ether oxygens (including phenoxy) is 1. The zero-order chi connectivity index (χ0) is 17.6. The third kappa shape index (κ3) is 2.34. The van der Waals surface area contributed by atoms with Crippen LogP contribution in [0.4, 0.5) is 0 Å². The minimum atomic E-state index is -0.157. The van der Waals surface area contributed by atoms with Gasteiger partial charge in [0.15, 0.2) is 11.6 Å². The predicted molar refractivity (Wildman–Crippen MR) is 94.3 cm³/mol. The fourth-order valence-electron chi connectivity index (χ4n) is 3.19. The number of fused-ring (bicyclic) bond motifs is 2. The van der Waals surface area contributed by atoms with Crippen molar-refractivity contribution in [2.24, 2.45) is 0 Å². The number of aryl methyl sites for hydroxylation is 1. The summed E-state index contributed by atoms with van der Waals surface area (Å²) < 4.78 is 5.23. The summed E-state index contributed by atoms with van der Waals surface area (Å²) >= 11 is 0. The topological polar surface area (TPSA) is 56.3 Å². The molecule has 0 unspecified atom stereocenters. The van der Waals surface area contributed by atoms with Crippen LogP contribution in [0.1, 0.15) is 37.4 Å². The predicted octanol–water partition coefficient (Wildman–Crippen LogP) is 3.84. The molecule has 0 fully saturated rings. The van der Waals surface area contributed by atoms with Gasteiger partial charge in [0.05, 0.1) is 18.4 Å². The Balaban J connectivity index is 1.86. The van der Waals surface area contributed by atoms with Crippen molar-refractivity contribution >= 4 is 11.6 Å². The number of ketones is 2. The Bertz CT molecular complexity index is 1040. The van der Waals surface area contributed by atoms with Crippen molar-refractivity contribution in [2.75, 3.05) is 7.11 Å². The molecule has 1 aliphatic rings. The van der Waals surface area contributed by atoms with Crippen molar-refractivity contribution in [1.29, 1.82) is 0 Å². The van der Waals surface area contributed by atoms with Gasteiger partial charge < -0.3 is 4.74 Å². The first kappa shape index (κ1) is 15.3. The van der Waals surface area contributed by atoms with Gasteiger partial charge in [-0.1, -0.05) is 24.3 Å². The van der Waals surface area contributed by atoms with E-state index in [-0.39, 0.29) is 11.6 Å². The monoisotopic (exact) mass is 329 g/mol. The molecular formula is C21H15NO3. The third-order valence-corrected chi connectivity index (χ3v) is 4.52. The molecule has 3 aromatic rings. The lowest BCUT2D eigenvalue weighted by atomic mass is 9.84. The van der Waals surface area contributed by atoms with Crippen LogP contribution in [0.5, 0.6) is 5.75 Å². The van der Waals surface area contributed by atoms with Gasteiger partial charge in [0.25, 0.3) is 0 Å². The number of methoxy groups -OCH3 is 1. The highest BCUT2D eigenvalue weighted by molar-refractivity contribution is 6.28. The standard InChI is InChI=1S/C21H15NO3/c1-12-9-13(25-2)7-8-14(12)19-10-17-18(11-22-19)21(24)16-6-4-3-5-15(16)20(17)23/h3-11H,1-2H3. The van der Waals surface area contributed by atoms with Crippen molar-refractivity contribution in [1.82, 2.24) is 4.98 Å². The Hall–Kier alpha value is -3.27. The minimum Gasteiger partial charge on any atom is -0.497 e. The third-order valence-electron chi connectivity index (χ3n) is 4.52. The second kappa shape index (κ2) is 5.67. The number of hydrogen-bond donors (Lipinski definition) is 0. The summed E-state index contributed by atoms with van der Waals surface area (Å²) in [4.78, 5) is 29.9. The Kier molecular flexibility index (Phi) is 3.46. The van der Waals surface area contributed by atoms with E-state index in [1.165, 1.54) is 6.20 Å². The second-order valence-corrected chi connectivity index (χ2v) is 6.00. The molecule has 0 spiro atoms. The van der Waals surface area contributed by atoms with Gasteiger partial charge in [-0.2, -0.15) is 0 Å². The normalized spacial score (nSPS) is 12.6. The smallest absolute Gasteiger partial charge is 0.196 e. The summed E-state index contributed by atoms with van der Waals surface area (Å²) in [6.07, 6.45) is 1.50. The fraction of sp³-hybridized carbons (Fsp3) is 0.0952. The summed E-state index contributed by atoms with van der Waals surface area (Å²) in [5.41, 5.74) is 4.21. The molecule has 0 aliphatic heterocycles. The molecule has 0 radical (unpaired) electrons. The summed E-state index contributed by atoms with van der Waals surface area (Å²) in [5, 5.41) is 0. The quantitative estimate of drug-likeness (QED) is 0.561. The van der Waals surface area contributed by atoms with Crippen molar-refractivity contribution in [3.63, 3.8) is 0 Å². The lowest BCUT2D eigenvalue weighted by molar-refractivity contribution is 0.0979. The molecule has 0 bridgehead atoms. The highest BCUT2D eigenvalue weighted by Gasteiger charge is 2.30. The molecule has 2 aromatic carbocycles. The largest absolute Gasteiger partial charge is 0.497 e. The number of aromatic nitrogens is 1. The fourth-order valence-corrected chi connectivity index (χ4v) is 3.19. The Morgan fingerprint density at radius 2 is 1.48 bits per heavy atom. The Morgan fingerprint density at radius 1 is 0.800 bits per heavy atom. The lowest BCUT2D eigenvalue weighted by Gasteiger charge is -2.18. The maximum atomic E-state index is 12.8. The van der Waals surface area contributed by atoms with Gasteiger partial charge in [-0.3, -0.25) is 14.6 Å². The summed E-state index contributed by atoms with van der Waals surface area (Å²) in [6.45, 7) is 1.96. The molecule has 0 saturated heterocycles. The van der Waals surface area contributed by atoms with Crippen molar-refractivity contribution in [3.05, 3.63) is 82.5 Å². The number of nitrogens with zero attached hydrogens (tertiary/aromatic N) is 1. The molecule has 4 nitrogen and oxygen atoms in total. The maximum Gasteiger partial charge on any atom is 0.196 e. The maximum absolute atomic E-state index is 12.8. The Labute approximate surface area is 145 Å². The molecular weight excluding hydrogens is 314 g/mol. The molecule has 1 aromatic heterocycles. The van der Waals surface area contributed by atoms with E-state index < -0.39 is 0 Å². The van der Waals surface area contributed by atoms with Crippen LogP contribution in [0.3, 0.4) is 0 Å². The van der Waals surface area contributed by atoms with E-state index in [1.807, 2.05) is 25.1 Å². The average molecular weight is 329 g/mol. The van der Waals surface area contributed by atoms with Crippen LogP contribution in [0, 0.1) is 6.92 Å². The van der Waals surface area contributed by atoms with E-state index in [4.69, 9.17) is 4.74 Å². The number of rotatable bonds is 2. The molecule has 122 valence electrons. The number of carbonyl (C=O) groups is 2. The number of pyridine rings is 1. The Morgan fingerprint density at radius 3 is 2.12 bits per heavy atom. The van der Waals surface area contributed by atoms with Crippen LogP contribution in [0.15, 0.2) is 54.7 Å². The first-order valence-electron chi connectivity index (χ1n) is 7.93. The van der Waals surface area contributed by atoms with Gasteiger partial charge in [0, 0.05) is 28.5 Å². The molecule has 4 heteroatoms. The summed E-state index contributed by atoms with van der Waals surface area (Å²) in [7, 11) is 1.62. The van der Waals surface area contributed by atoms with E-state index >= 15 is 0 Å². The van der Waals surface area contributed by atoms with Gasteiger partial charge in [-0.15, -0.1) is 0 Å². The second-order valence-electron chi connectivity index (χ2n) is 6.00. The summed E-state index contributed by atoms with van der Waals surface area (Å²) in [6, 6.07) is 14.3. The molecule has 0 saturated carbocycles. The SMILES string of the molecule is COc1ccc(-c2cc3c(cn2)C(=O)c2ccccc2C3=O)c(C)c1. The van der Waals surface area contributed by atoms with Crippen LogP contribution in [0.2, 0.25) is 0 Å². The highest BCUT2D eigenvalue weighted by atomic mass is 16.5. The number of hydrogen-bond acceptors (Lipinski definition) is 4. The van der Waals surface area contributed by atoms with Crippen LogP contribution in [0.25, 0.3) is 11.3 Å². The van der Waals surface area contributed by atoms with Gasteiger partial charge in [0.2, 0.25) is 0 Å². The van der Waals surface area contributed by atoms with Crippen molar-refractivity contribution in [3.8, 4) is 17.0 Å².